The van der Waals surface area contributed by atoms with Gasteiger partial charge >= 0.3 is 0 Å². The third kappa shape index (κ3) is 2.00. The number of rotatable bonds is 0. The molecule has 1 saturated carbocycles. The average Bonchev–Trinajstić information content (AvgIpc) is 1.46. The molecule has 0 spiro atoms. The van der Waals surface area contributed by atoms with Crippen molar-refractivity contribution >= 4 is 0 Å². The molecular weight excluding hydrogens is 48.0 g/mol. The van der Waals surface area contributed by atoms with Crippen LogP contribution in [0.15, 0.2) is 0 Å². The molecule has 0 heteroatoms. The van der Waals surface area contributed by atoms with E-state index in [2.05, 4.69) is 0 Å². The van der Waals surface area contributed by atoms with Crippen LogP contribution in [0.25, 0.3) is 0 Å². The van der Waals surface area contributed by atoms with Gasteiger partial charge in [0.1, 0.15) is 0 Å². The molecule has 0 bridgehead atoms. The van der Waals surface area contributed by atoms with E-state index in [1.165, 1.54) is 19.3 Å². The fourth-order valence-electron chi connectivity index (χ4n) is 0. The first kappa shape index (κ1) is 4.00. The SMILES string of the molecule is C.C1CC1.[2HH]. The zero-order valence-corrected chi connectivity index (χ0v) is 2.12. The van der Waals surface area contributed by atoms with Crippen molar-refractivity contribution in [1.82, 2.24) is 0 Å². The van der Waals surface area contributed by atoms with Crippen molar-refractivity contribution in [3.05, 3.63) is 0 Å². The summed E-state index contributed by atoms with van der Waals surface area (Å²) in [6, 6.07) is 0. The Morgan fingerprint density at radius 1 is 1.00 bits per heavy atom. The van der Waals surface area contributed by atoms with Crippen molar-refractivity contribution in [3.8, 4) is 0 Å². The molecule has 0 unspecified atom stereocenters. The molecule has 0 radical (unpaired) electrons. The van der Waals surface area contributed by atoms with Crippen LogP contribution in [0.4, 0.5) is 0 Å². The summed E-state index contributed by atoms with van der Waals surface area (Å²) in [6.07, 6.45) is 4.50. The van der Waals surface area contributed by atoms with Gasteiger partial charge in [0.2, 0.25) is 0 Å². The van der Waals surface area contributed by atoms with E-state index >= 15 is 0 Å². The third-order valence-electron chi connectivity index (χ3n) is 0.354. The first-order valence-corrected chi connectivity index (χ1v) is 1.50. The lowest BCUT2D eigenvalue weighted by Crippen LogP contribution is -0.856. The normalized spacial score (nSPS) is 18.0. The van der Waals surface area contributed by atoms with Crippen LogP contribution in [0.2, 0.25) is 0 Å². The van der Waals surface area contributed by atoms with Gasteiger partial charge in [0.05, 0.1) is 0 Å². The van der Waals surface area contributed by atoms with Crippen LogP contribution in [0.3, 0.4) is 0 Å². The Morgan fingerprint density at radius 2 is 1.25 bits per heavy atom. The first-order chi connectivity index (χ1) is 1.50. The Bertz CT molecular complexity index is 8.36. The highest BCUT2D eigenvalue weighted by Gasteiger charge is 1.95. The zero-order valence-electron chi connectivity index (χ0n) is 2.12. The molecule has 0 N–H and O–H groups in total. The molecule has 0 aromatic heterocycles. The molecule has 0 aromatic rings. The minimum absolute atomic E-state index is 0. The molecule has 0 saturated heterocycles. The van der Waals surface area contributed by atoms with E-state index in [9.17, 15) is 0 Å². The summed E-state index contributed by atoms with van der Waals surface area (Å²) in [4.78, 5) is 0. The van der Waals surface area contributed by atoms with Gasteiger partial charge in [-0.1, -0.05) is 26.7 Å². The highest BCUT2D eigenvalue weighted by atomic mass is 14.0. The molecule has 0 atom stereocenters. The van der Waals surface area contributed by atoms with Gasteiger partial charge in [-0.2, -0.15) is 0 Å². The summed E-state index contributed by atoms with van der Waals surface area (Å²) in [7, 11) is 0. The predicted octanol–water partition coefficient (Wildman–Crippen LogP) is 2.05. The second-order valence-electron chi connectivity index (χ2n) is 1.06. The molecule has 28 valence electrons. The topological polar surface area (TPSA) is 0 Å². The van der Waals surface area contributed by atoms with Crippen LogP contribution in [-0.2, 0) is 0 Å². The molecule has 0 amide bonds. The summed E-state index contributed by atoms with van der Waals surface area (Å²) >= 11 is 0. The summed E-state index contributed by atoms with van der Waals surface area (Å²) in [5, 5.41) is 0. The van der Waals surface area contributed by atoms with Crippen molar-refractivity contribution in [1.29, 1.82) is 0 Å². The van der Waals surface area contributed by atoms with Gasteiger partial charge in [0.15, 0.2) is 0 Å². The molecule has 1 aliphatic rings. The van der Waals surface area contributed by atoms with Crippen molar-refractivity contribution < 1.29 is 1.43 Å². The lowest BCUT2D eigenvalue weighted by Gasteiger charge is -1.05. The van der Waals surface area contributed by atoms with E-state index in [0.29, 0.717) is 0 Å². The fraction of sp³-hybridized carbons (Fsp3) is 1.00. The minimum atomic E-state index is 0. The van der Waals surface area contributed by atoms with Crippen LogP contribution in [0.5, 0.6) is 0 Å². The maximum atomic E-state index is 1.50. The lowest BCUT2D eigenvalue weighted by molar-refractivity contribution is 1.50. The van der Waals surface area contributed by atoms with Gasteiger partial charge in [-0.3, -0.25) is 0 Å². The summed E-state index contributed by atoms with van der Waals surface area (Å²) in [5.41, 5.74) is 0. The molecule has 1 aliphatic carbocycles. The van der Waals surface area contributed by atoms with E-state index < -0.39 is 0 Å². The highest BCUT2D eigenvalue weighted by molar-refractivity contribution is 4.50. The molecule has 4 heavy (non-hydrogen) atoms. The summed E-state index contributed by atoms with van der Waals surface area (Å²) < 4.78 is 0. The summed E-state index contributed by atoms with van der Waals surface area (Å²) in [6.45, 7) is 0. The lowest BCUT2D eigenvalue weighted by atomic mass is 11.0. The van der Waals surface area contributed by atoms with E-state index in [0.717, 1.165) is 0 Å². The molecule has 0 aliphatic heterocycles. The van der Waals surface area contributed by atoms with Crippen molar-refractivity contribution in [3.63, 3.8) is 0 Å². The molecular formula is C4H12. The average molecular weight is 61.1 g/mol. The van der Waals surface area contributed by atoms with Gasteiger partial charge in [-0.25, -0.2) is 0 Å². The molecule has 0 aromatic carbocycles. The molecule has 0 heterocycles. The van der Waals surface area contributed by atoms with E-state index in [1.54, 1.807) is 0 Å². The quantitative estimate of drug-likeness (QED) is 0.402. The second-order valence-corrected chi connectivity index (χ2v) is 1.06. The van der Waals surface area contributed by atoms with Crippen LogP contribution in [0, 0.1) is 0 Å². The van der Waals surface area contributed by atoms with Gasteiger partial charge in [0.25, 0.3) is 0 Å². The third-order valence-corrected chi connectivity index (χ3v) is 0.354. The predicted molar refractivity (Wildman–Crippen MR) is 22.7 cm³/mol. The van der Waals surface area contributed by atoms with Gasteiger partial charge < -0.3 is 0 Å². The smallest absolute Gasteiger partial charge is 0 e. The maximum absolute atomic E-state index is 1.50. The van der Waals surface area contributed by atoms with Crippen molar-refractivity contribution in [2.24, 2.45) is 0 Å². The standard InChI is InChI=1S/C3H6.CH4.H2/c1-2-3-1;;/h1-3H2;1H4;1H/i;;1+1. The Balaban J connectivity index is 0. The second kappa shape index (κ2) is 1.33. The van der Waals surface area contributed by atoms with Crippen molar-refractivity contribution in [2.45, 2.75) is 26.7 Å². The summed E-state index contributed by atoms with van der Waals surface area (Å²) in [5.74, 6) is 0. The largest absolute Gasteiger partial charge is 0.0776 e. The zero-order chi connectivity index (χ0) is 2.12. The Kier molecular flexibility index (Phi) is 1.33. The van der Waals surface area contributed by atoms with Crippen LogP contribution in [-0.4, -0.2) is 0 Å². The monoisotopic (exact) mass is 61.1 g/mol. The van der Waals surface area contributed by atoms with Crippen molar-refractivity contribution in [2.75, 3.05) is 0 Å². The Labute approximate surface area is 29.3 Å². The fourth-order valence-corrected chi connectivity index (χ4v) is 0. The van der Waals surface area contributed by atoms with Gasteiger partial charge in [-0.05, 0) is 0 Å². The van der Waals surface area contributed by atoms with E-state index in [1.807, 2.05) is 0 Å². The highest BCUT2D eigenvalue weighted by Crippen LogP contribution is 2.14. The Hall–Kier alpha value is 0. The van der Waals surface area contributed by atoms with E-state index in [-0.39, 0.29) is 8.85 Å². The van der Waals surface area contributed by atoms with E-state index in [4.69, 9.17) is 0 Å². The van der Waals surface area contributed by atoms with Crippen LogP contribution < -0.4 is 0 Å². The maximum Gasteiger partial charge on any atom is 0 e. The molecule has 0 nitrogen and oxygen atoms in total. The van der Waals surface area contributed by atoms with Crippen LogP contribution >= 0.6 is 0 Å². The van der Waals surface area contributed by atoms with Gasteiger partial charge in [-0.15, -0.1) is 0 Å². The minimum Gasteiger partial charge on any atom is -0.0776 e. The Morgan fingerprint density at radius 3 is 1.25 bits per heavy atom. The number of hydrogen-bond donors (Lipinski definition) is 0. The molecule has 1 rings (SSSR count). The number of hydrogen-bond acceptors (Lipinski definition) is 0. The van der Waals surface area contributed by atoms with Crippen LogP contribution in [0.1, 0.15) is 28.1 Å². The molecule has 1 fully saturated rings. The first-order valence-electron chi connectivity index (χ1n) is 1.50. The van der Waals surface area contributed by atoms with Gasteiger partial charge in [0, 0.05) is 1.43 Å².